The maximum absolute atomic E-state index is 13.6. The standard InChI is InChI=1S/C8HClF2O5S/c9-17(14,15)3-1-2(10)4-5(6(3)11)8(13)16-7(4)12/h1H. The smallest absolute Gasteiger partial charge is 0.350 e. The molecule has 2 rings (SSSR count). The van der Waals surface area contributed by atoms with Crippen molar-refractivity contribution in [3.8, 4) is 0 Å². The van der Waals surface area contributed by atoms with Crippen LogP contribution >= 0.6 is 10.7 Å². The highest BCUT2D eigenvalue weighted by Crippen LogP contribution is 2.31. The van der Waals surface area contributed by atoms with Gasteiger partial charge in [0, 0.05) is 10.7 Å². The molecule has 1 aromatic rings. The lowest BCUT2D eigenvalue weighted by Gasteiger charge is -2.02. The first-order valence-corrected chi connectivity index (χ1v) is 6.27. The molecule has 0 aliphatic carbocycles. The highest BCUT2D eigenvalue weighted by Gasteiger charge is 2.39. The van der Waals surface area contributed by atoms with E-state index in [1.165, 1.54) is 0 Å². The van der Waals surface area contributed by atoms with E-state index < -0.39 is 48.6 Å². The third-order valence-corrected chi connectivity index (χ3v) is 3.36. The molecule has 0 saturated heterocycles. The Hall–Kier alpha value is -1.54. The van der Waals surface area contributed by atoms with Gasteiger partial charge in [-0.1, -0.05) is 0 Å². The molecular weight excluding hydrogens is 282 g/mol. The van der Waals surface area contributed by atoms with Gasteiger partial charge in [0.1, 0.15) is 21.8 Å². The Morgan fingerprint density at radius 1 is 1.12 bits per heavy atom. The van der Waals surface area contributed by atoms with E-state index in [4.69, 9.17) is 10.7 Å². The van der Waals surface area contributed by atoms with Crippen LogP contribution in [-0.2, 0) is 13.8 Å². The summed E-state index contributed by atoms with van der Waals surface area (Å²) in [5, 5.41) is 0. The summed E-state index contributed by atoms with van der Waals surface area (Å²) in [5.74, 6) is -5.83. The average molecular weight is 283 g/mol. The van der Waals surface area contributed by atoms with Gasteiger partial charge in [-0.25, -0.2) is 26.8 Å². The quantitative estimate of drug-likeness (QED) is 0.439. The van der Waals surface area contributed by atoms with Gasteiger partial charge in [-0.15, -0.1) is 0 Å². The SMILES string of the molecule is O=C1OC(=O)c2c(F)c(S(=O)(=O)Cl)cc(F)c21. The molecule has 1 heterocycles. The lowest BCUT2D eigenvalue weighted by molar-refractivity contribution is 0.0441. The number of halogens is 3. The van der Waals surface area contributed by atoms with Crippen molar-refractivity contribution in [1.82, 2.24) is 0 Å². The average Bonchev–Trinajstić information content (AvgIpc) is 2.46. The van der Waals surface area contributed by atoms with E-state index in [1.54, 1.807) is 0 Å². The molecule has 0 aromatic heterocycles. The summed E-state index contributed by atoms with van der Waals surface area (Å²) in [6.45, 7) is 0. The molecule has 0 radical (unpaired) electrons. The number of cyclic esters (lactones) is 2. The van der Waals surface area contributed by atoms with Gasteiger partial charge in [0.25, 0.3) is 9.05 Å². The molecule has 1 aliphatic rings. The van der Waals surface area contributed by atoms with Gasteiger partial charge in [0.15, 0.2) is 5.82 Å². The second kappa shape index (κ2) is 3.47. The van der Waals surface area contributed by atoms with Crippen LogP contribution in [-0.4, -0.2) is 20.4 Å². The second-order valence-electron chi connectivity index (χ2n) is 3.04. The fourth-order valence-electron chi connectivity index (χ4n) is 1.36. The first-order valence-electron chi connectivity index (χ1n) is 3.96. The van der Waals surface area contributed by atoms with Crippen LogP contribution in [0.1, 0.15) is 20.7 Å². The minimum Gasteiger partial charge on any atom is -0.385 e. The monoisotopic (exact) mass is 282 g/mol. The summed E-state index contributed by atoms with van der Waals surface area (Å²) in [7, 11) is 0.270. The van der Waals surface area contributed by atoms with Crippen molar-refractivity contribution in [1.29, 1.82) is 0 Å². The zero-order chi connectivity index (χ0) is 13.0. The van der Waals surface area contributed by atoms with E-state index in [-0.39, 0.29) is 6.07 Å². The van der Waals surface area contributed by atoms with Crippen molar-refractivity contribution in [3.63, 3.8) is 0 Å². The highest BCUT2D eigenvalue weighted by molar-refractivity contribution is 8.13. The van der Waals surface area contributed by atoms with E-state index in [0.29, 0.717) is 0 Å². The normalized spacial score (nSPS) is 14.8. The number of carbonyl (C=O) groups excluding carboxylic acids is 2. The highest BCUT2D eigenvalue weighted by atomic mass is 35.7. The summed E-state index contributed by atoms with van der Waals surface area (Å²) >= 11 is 0. The molecule has 1 aliphatic heterocycles. The number of carbonyl (C=O) groups is 2. The van der Waals surface area contributed by atoms with Crippen LogP contribution in [0.2, 0.25) is 0 Å². The Bertz CT molecular complexity index is 667. The summed E-state index contributed by atoms with van der Waals surface area (Å²) in [6, 6.07) is 0.219. The van der Waals surface area contributed by atoms with Gasteiger partial charge in [-0.3, -0.25) is 0 Å². The zero-order valence-electron chi connectivity index (χ0n) is 7.66. The van der Waals surface area contributed by atoms with Crippen molar-refractivity contribution in [2.45, 2.75) is 4.90 Å². The molecule has 0 bridgehead atoms. The summed E-state index contributed by atoms with van der Waals surface area (Å²) in [5.41, 5.74) is -1.99. The zero-order valence-corrected chi connectivity index (χ0v) is 9.23. The Morgan fingerprint density at radius 2 is 1.65 bits per heavy atom. The maximum atomic E-state index is 13.6. The molecule has 0 unspecified atom stereocenters. The molecule has 90 valence electrons. The maximum Gasteiger partial charge on any atom is 0.350 e. The molecule has 0 amide bonds. The third-order valence-electron chi connectivity index (χ3n) is 2.04. The lowest BCUT2D eigenvalue weighted by atomic mass is 10.1. The molecule has 0 saturated carbocycles. The Balaban J connectivity index is 2.91. The van der Waals surface area contributed by atoms with Gasteiger partial charge in [-0.05, 0) is 6.07 Å². The van der Waals surface area contributed by atoms with Gasteiger partial charge in [0.05, 0.1) is 0 Å². The Kier molecular flexibility index (Phi) is 2.44. The minimum atomic E-state index is -4.58. The summed E-state index contributed by atoms with van der Waals surface area (Å²) < 4.78 is 52.7. The third kappa shape index (κ3) is 1.69. The fourth-order valence-corrected chi connectivity index (χ4v) is 2.26. The molecule has 0 N–H and O–H groups in total. The van der Waals surface area contributed by atoms with Gasteiger partial charge < -0.3 is 4.74 Å². The van der Waals surface area contributed by atoms with E-state index in [9.17, 15) is 26.8 Å². The van der Waals surface area contributed by atoms with Crippen molar-refractivity contribution in [2.24, 2.45) is 0 Å². The molecule has 0 atom stereocenters. The van der Waals surface area contributed by atoms with Gasteiger partial charge in [0.2, 0.25) is 0 Å². The van der Waals surface area contributed by atoms with E-state index >= 15 is 0 Å². The number of esters is 2. The second-order valence-corrected chi connectivity index (χ2v) is 5.57. The van der Waals surface area contributed by atoms with Crippen LogP contribution in [0.25, 0.3) is 0 Å². The number of benzene rings is 1. The Labute approximate surface area is 97.4 Å². The van der Waals surface area contributed by atoms with Crippen LogP contribution in [0.4, 0.5) is 8.78 Å². The van der Waals surface area contributed by atoms with Gasteiger partial charge in [-0.2, -0.15) is 0 Å². The van der Waals surface area contributed by atoms with Crippen LogP contribution in [0, 0.1) is 11.6 Å². The number of ether oxygens (including phenoxy) is 1. The van der Waals surface area contributed by atoms with E-state index in [2.05, 4.69) is 4.74 Å². The first kappa shape index (κ1) is 11.9. The predicted molar refractivity (Wildman–Crippen MR) is 49.1 cm³/mol. The topological polar surface area (TPSA) is 77.5 Å². The number of rotatable bonds is 1. The number of hydrogen-bond donors (Lipinski definition) is 0. The van der Waals surface area contributed by atoms with Crippen LogP contribution < -0.4 is 0 Å². The summed E-state index contributed by atoms with van der Waals surface area (Å²) in [4.78, 5) is 20.8. The molecule has 5 nitrogen and oxygen atoms in total. The van der Waals surface area contributed by atoms with Crippen molar-refractivity contribution in [2.75, 3.05) is 0 Å². The number of hydrogen-bond acceptors (Lipinski definition) is 5. The van der Waals surface area contributed by atoms with Gasteiger partial charge >= 0.3 is 11.9 Å². The van der Waals surface area contributed by atoms with E-state index in [0.717, 1.165) is 0 Å². The first-order chi connectivity index (χ1) is 7.73. The predicted octanol–water partition coefficient (Wildman–Crippen LogP) is 1.20. The minimum absolute atomic E-state index is 0.219. The molecule has 9 heteroatoms. The largest absolute Gasteiger partial charge is 0.385 e. The molecule has 0 spiro atoms. The van der Waals surface area contributed by atoms with Crippen LogP contribution in [0.15, 0.2) is 11.0 Å². The molecule has 1 aromatic carbocycles. The molecule has 0 fully saturated rings. The van der Waals surface area contributed by atoms with Crippen LogP contribution in [0.5, 0.6) is 0 Å². The van der Waals surface area contributed by atoms with Crippen molar-refractivity contribution in [3.05, 3.63) is 28.8 Å². The molecular formula is C8HClF2O5S. The van der Waals surface area contributed by atoms with Crippen molar-refractivity contribution < 1.29 is 31.5 Å². The molecule has 17 heavy (non-hydrogen) atoms. The van der Waals surface area contributed by atoms with Crippen molar-refractivity contribution >= 4 is 31.7 Å². The Morgan fingerprint density at radius 3 is 2.18 bits per heavy atom. The fraction of sp³-hybridized carbons (Fsp3) is 0. The number of fused-ring (bicyclic) bond motifs is 1. The van der Waals surface area contributed by atoms with Crippen LogP contribution in [0.3, 0.4) is 0 Å². The van der Waals surface area contributed by atoms with E-state index in [1.807, 2.05) is 0 Å². The summed E-state index contributed by atoms with van der Waals surface area (Å²) in [6.07, 6.45) is 0. The lowest BCUT2D eigenvalue weighted by Crippen LogP contribution is -2.06.